The van der Waals surface area contributed by atoms with Gasteiger partial charge in [-0.05, 0) is 73.7 Å². The van der Waals surface area contributed by atoms with E-state index in [4.69, 9.17) is 5.10 Å². The van der Waals surface area contributed by atoms with Crippen molar-refractivity contribution in [3.63, 3.8) is 0 Å². The maximum Gasteiger partial charge on any atom is 0.286 e. The summed E-state index contributed by atoms with van der Waals surface area (Å²) in [7, 11) is -3.58. The van der Waals surface area contributed by atoms with Crippen molar-refractivity contribution >= 4 is 38.9 Å². The van der Waals surface area contributed by atoms with Crippen LogP contribution < -0.4 is 0 Å². The molecule has 1 amide bonds. The number of hydrogen-bond acceptors (Lipinski definition) is 6. The number of carbonyl (C=O) groups excluding carboxylic acids is 1. The van der Waals surface area contributed by atoms with E-state index in [1.807, 2.05) is 48.7 Å². The van der Waals surface area contributed by atoms with E-state index in [0.717, 1.165) is 55.2 Å². The largest absolute Gasteiger partial charge is 0.351 e. The first-order valence-electron chi connectivity index (χ1n) is 13.4. The van der Waals surface area contributed by atoms with Crippen LogP contribution in [0.15, 0.2) is 75.6 Å². The molecule has 0 N–H and O–H groups in total. The highest BCUT2D eigenvalue weighted by Crippen LogP contribution is 2.35. The number of hydrogen-bond donors (Lipinski definition) is 0. The van der Waals surface area contributed by atoms with Crippen LogP contribution in [0.25, 0.3) is 23.0 Å². The van der Waals surface area contributed by atoms with E-state index in [0.29, 0.717) is 35.2 Å². The van der Waals surface area contributed by atoms with Crippen LogP contribution in [0, 0.1) is 5.92 Å². The summed E-state index contributed by atoms with van der Waals surface area (Å²) in [6, 6.07) is 16.7. The van der Waals surface area contributed by atoms with Crippen molar-refractivity contribution in [2.45, 2.75) is 37.5 Å². The fourth-order valence-corrected chi connectivity index (χ4v) is 7.71. The highest BCUT2D eigenvalue weighted by atomic mass is 32.2. The standard InChI is InChI=1S/C29H31N5O3S2/c1-21-12-16-32(17-13-21)29-30-28(35)26(38-29)19-23-20-34(24-9-3-2-4-10-24)31-27(23)22-8-7-11-25(18-22)39(36,37)33-14-5-6-15-33/h2-4,7-11,18-21H,5-6,12-17H2,1H3/b26-19-. The maximum atomic E-state index is 13.3. The zero-order valence-electron chi connectivity index (χ0n) is 21.9. The number of nitrogens with zero attached hydrogens (tertiary/aromatic N) is 5. The van der Waals surface area contributed by atoms with E-state index in [1.165, 1.54) is 11.8 Å². The van der Waals surface area contributed by atoms with E-state index in [9.17, 15) is 13.2 Å². The molecule has 2 fully saturated rings. The minimum atomic E-state index is -3.58. The second-order valence-corrected chi connectivity index (χ2v) is 13.3. The molecule has 10 heteroatoms. The maximum absolute atomic E-state index is 13.3. The normalized spacial score (nSPS) is 20.2. The molecule has 2 saturated heterocycles. The first-order valence-corrected chi connectivity index (χ1v) is 15.7. The van der Waals surface area contributed by atoms with Crippen molar-refractivity contribution in [3.8, 4) is 16.9 Å². The Morgan fingerprint density at radius 1 is 0.974 bits per heavy atom. The minimum absolute atomic E-state index is 0.252. The molecule has 8 nitrogen and oxygen atoms in total. The number of thioether (sulfide) groups is 1. The number of likely N-dealkylation sites (tertiary alicyclic amines) is 1. The highest BCUT2D eigenvalue weighted by Gasteiger charge is 2.30. The Balaban J connectivity index is 1.37. The molecule has 3 aliphatic rings. The van der Waals surface area contributed by atoms with Crippen LogP contribution in [0.4, 0.5) is 0 Å². The number of rotatable bonds is 5. The first-order chi connectivity index (χ1) is 18.9. The Morgan fingerprint density at radius 3 is 2.46 bits per heavy atom. The van der Waals surface area contributed by atoms with Crippen LogP contribution in [0.5, 0.6) is 0 Å². The molecule has 6 rings (SSSR count). The van der Waals surface area contributed by atoms with Crippen LogP contribution in [0.3, 0.4) is 0 Å². The Morgan fingerprint density at radius 2 is 1.72 bits per heavy atom. The molecular weight excluding hydrogens is 530 g/mol. The Labute approximate surface area is 233 Å². The van der Waals surface area contributed by atoms with Crippen LogP contribution in [0.2, 0.25) is 0 Å². The van der Waals surface area contributed by atoms with Gasteiger partial charge in [-0.1, -0.05) is 37.3 Å². The number of amidine groups is 1. The summed E-state index contributed by atoms with van der Waals surface area (Å²) in [6.07, 6.45) is 7.66. The van der Waals surface area contributed by atoms with E-state index in [-0.39, 0.29) is 10.8 Å². The van der Waals surface area contributed by atoms with Gasteiger partial charge in [0.1, 0.15) is 5.69 Å². The lowest BCUT2D eigenvalue weighted by Gasteiger charge is -2.30. The fraction of sp³-hybridized carbons (Fsp3) is 0.345. The molecule has 2 aromatic carbocycles. The summed E-state index contributed by atoms with van der Waals surface area (Å²) < 4.78 is 29.9. The van der Waals surface area contributed by atoms with Gasteiger partial charge >= 0.3 is 0 Å². The summed E-state index contributed by atoms with van der Waals surface area (Å²) in [5.41, 5.74) is 2.89. The third-order valence-electron chi connectivity index (χ3n) is 7.52. The van der Waals surface area contributed by atoms with Gasteiger partial charge in [-0.15, -0.1) is 0 Å². The monoisotopic (exact) mass is 561 g/mol. The van der Waals surface area contributed by atoms with Gasteiger partial charge in [-0.3, -0.25) is 4.79 Å². The smallest absolute Gasteiger partial charge is 0.286 e. The molecule has 0 radical (unpaired) electrons. The number of benzene rings is 2. The number of para-hydroxylation sites is 1. The second-order valence-electron chi connectivity index (χ2n) is 10.3. The number of sulfonamides is 1. The molecule has 202 valence electrons. The molecule has 1 aromatic heterocycles. The number of aliphatic imine (C=N–C) groups is 1. The van der Waals surface area contributed by atoms with Crippen molar-refractivity contribution in [3.05, 3.63) is 71.3 Å². The zero-order chi connectivity index (χ0) is 27.0. The van der Waals surface area contributed by atoms with Crippen molar-refractivity contribution in [2.24, 2.45) is 10.9 Å². The molecule has 0 unspecified atom stereocenters. The van der Waals surface area contributed by atoms with Gasteiger partial charge in [-0.25, -0.2) is 13.1 Å². The van der Waals surface area contributed by atoms with Crippen LogP contribution >= 0.6 is 11.8 Å². The average Bonchev–Trinajstić information content (AvgIpc) is 3.71. The van der Waals surface area contributed by atoms with Crippen molar-refractivity contribution in [1.82, 2.24) is 19.0 Å². The lowest BCUT2D eigenvalue weighted by Crippen LogP contribution is -2.35. The predicted molar refractivity (Wildman–Crippen MR) is 155 cm³/mol. The summed E-state index contributed by atoms with van der Waals surface area (Å²) in [5.74, 6) is 0.438. The third kappa shape index (κ3) is 5.33. The predicted octanol–water partition coefficient (Wildman–Crippen LogP) is 5.03. The molecule has 39 heavy (non-hydrogen) atoms. The summed E-state index contributed by atoms with van der Waals surface area (Å²) in [4.78, 5) is 20.3. The molecule has 0 saturated carbocycles. The van der Waals surface area contributed by atoms with E-state index in [2.05, 4.69) is 16.8 Å². The molecule has 4 heterocycles. The third-order valence-corrected chi connectivity index (χ3v) is 10.5. The number of piperidine rings is 1. The van der Waals surface area contributed by atoms with E-state index in [1.54, 1.807) is 27.2 Å². The molecular formula is C29H31N5O3S2. The van der Waals surface area contributed by atoms with Gasteiger partial charge < -0.3 is 4.90 Å². The number of aromatic nitrogens is 2. The summed E-state index contributed by atoms with van der Waals surface area (Å²) in [6.45, 7) is 5.16. The van der Waals surface area contributed by atoms with Crippen molar-refractivity contribution in [1.29, 1.82) is 0 Å². The Hall–Kier alpha value is -3.21. The van der Waals surface area contributed by atoms with Crippen LogP contribution in [-0.4, -0.2) is 64.7 Å². The van der Waals surface area contributed by atoms with Crippen molar-refractivity contribution in [2.75, 3.05) is 26.2 Å². The van der Waals surface area contributed by atoms with Crippen molar-refractivity contribution < 1.29 is 13.2 Å². The second kappa shape index (κ2) is 10.7. The molecule has 3 aromatic rings. The minimum Gasteiger partial charge on any atom is -0.351 e. The molecule has 0 aliphatic carbocycles. The van der Waals surface area contributed by atoms with Gasteiger partial charge in [0, 0.05) is 43.5 Å². The number of amides is 1. The molecule has 3 aliphatic heterocycles. The molecule has 0 atom stereocenters. The molecule has 0 bridgehead atoms. The van der Waals surface area contributed by atoms with E-state index < -0.39 is 10.0 Å². The van der Waals surface area contributed by atoms with E-state index >= 15 is 0 Å². The SMILES string of the molecule is CC1CCN(C2=NC(=O)/C(=C/c3cn(-c4ccccc4)nc3-c3cccc(S(=O)(=O)N4CCCC4)c3)S2)CC1. The Bertz CT molecular complexity index is 1550. The van der Waals surface area contributed by atoms with Crippen LogP contribution in [-0.2, 0) is 14.8 Å². The van der Waals surface area contributed by atoms with Crippen LogP contribution in [0.1, 0.15) is 38.2 Å². The zero-order valence-corrected chi connectivity index (χ0v) is 23.5. The molecule has 0 spiro atoms. The Kier molecular flexibility index (Phi) is 7.18. The lowest BCUT2D eigenvalue weighted by atomic mass is 10.00. The topological polar surface area (TPSA) is 87.9 Å². The van der Waals surface area contributed by atoms with Gasteiger partial charge in [0.05, 0.1) is 15.5 Å². The highest BCUT2D eigenvalue weighted by molar-refractivity contribution is 8.18. The van der Waals surface area contributed by atoms with Gasteiger partial charge in [0.2, 0.25) is 10.0 Å². The average molecular weight is 562 g/mol. The summed E-state index contributed by atoms with van der Waals surface area (Å²) >= 11 is 1.40. The summed E-state index contributed by atoms with van der Waals surface area (Å²) in [5, 5.41) is 5.61. The van der Waals surface area contributed by atoms with Gasteiger partial charge in [0.25, 0.3) is 5.91 Å². The fourth-order valence-electron chi connectivity index (χ4n) is 5.19. The first kappa shape index (κ1) is 26.0. The lowest BCUT2D eigenvalue weighted by molar-refractivity contribution is -0.113. The quantitative estimate of drug-likeness (QED) is 0.406. The van der Waals surface area contributed by atoms with Gasteiger partial charge in [-0.2, -0.15) is 14.4 Å². The van der Waals surface area contributed by atoms with Gasteiger partial charge in [0.15, 0.2) is 5.17 Å². The number of carbonyl (C=O) groups is 1.